The van der Waals surface area contributed by atoms with Gasteiger partial charge in [0.25, 0.3) is 5.91 Å². The molecule has 0 saturated carbocycles. The van der Waals surface area contributed by atoms with Gasteiger partial charge < -0.3 is 10.1 Å². The van der Waals surface area contributed by atoms with Crippen LogP contribution in [-0.2, 0) is 4.79 Å². The third-order valence-corrected chi connectivity index (χ3v) is 6.57. The molecule has 8 heteroatoms. The van der Waals surface area contributed by atoms with E-state index in [4.69, 9.17) is 33.7 Å². The lowest BCUT2D eigenvalue weighted by Crippen LogP contribution is -2.17. The van der Waals surface area contributed by atoms with E-state index in [0.29, 0.717) is 20.9 Å². The maximum absolute atomic E-state index is 12.2. The summed E-state index contributed by atoms with van der Waals surface area (Å²) in [5.74, 6) is 0.644. The number of halogens is 1. The molecule has 0 bridgehead atoms. The standard InChI is InChI=1S/C25H24ClN3O2S2/c1-2-3-4-5-14-31-21-12-6-17(7-13-21)23-18(15-22-24(30)27-25(32)33-22)16-29(28-23)20-10-8-19(26)9-11-20/h6-13,15-16H,2-5,14H2,1H3,(H,27,30,32)/b22-15-. The van der Waals surface area contributed by atoms with E-state index >= 15 is 0 Å². The van der Waals surface area contributed by atoms with Crippen LogP contribution in [0.25, 0.3) is 23.0 Å². The highest BCUT2D eigenvalue weighted by atomic mass is 35.5. The number of nitrogens with zero attached hydrogens (tertiary/aromatic N) is 2. The van der Waals surface area contributed by atoms with E-state index in [1.165, 1.54) is 31.0 Å². The first-order valence-electron chi connectivity index (χ1n) is 10.9. The second-order valence-electron chi connectivity index (χ2n) is 7.64. The van der Waals surface area contributed by atoms with Crippen LogP contribution in [0.15, 0.2) is 59.6 Å². The molecule has 0 unspecified atom stereocenters. The van der Waals surface area contributed by atoms with Gasteiger partial charge in [0.15, 0.2) is 0 Å². The Morgan fingerprint density at radius 1 is 1.12 bits per heavy atom. The van der Waals surface area contributed by atoms with Crippen LogP contribution < -0.4 is 10.1 Å². The molecule has 1 aliphatic rings. The molecule has 0 spiro atoms. The Hall–Kier alpha value is -2.61. The lowest BCUT2D eigenvalue weighted by atomic mass is 10.1. The number of thioether (sulfide) groups is 1. The van der Waals surface area contributed by atoms with Crippen molar-refractivity contribution in [3.05, 3.63) is 70.2 Å². The normalized spacial score (nSPS) is 14.7. The van der Waals surface area contributed by atoms with Gasteiger partial charge in [-0.3, -0.25) is 4.79 Å². The van der Waals surface area contributed by atoms with Crippen molar-refractivity contribution in [2.45, 2.75) is 32.6 Å². The number of carbonyl (C=O) groups is 1. The molecule has 0 radical (unpaired) electrons. The second-order valence-corrected chi connectivity index (χ2v) is 9.80. The summed E-state index contributed by atoms with van der Waals surface area (Å²) in [6.07, 6.45) is 8.41. The molecule has 1 saturated heterocycles. The Labute approximate surface area is 208 Å². The molecule has 1 fully saturated rings. The van der Waals surface area contributed by atoms with E-state index in [1.54, 1.807) is 4.68 Å². The van der Waals surface area contributed by atoms with Gasteiger partial charge in [0.1, 0.15) is 10.1 Å². The summed E-state index contributed by atoms with van der Waals surface area (Å²) in [5.41, 5.74) is 3.38. The maximum Gasteiger partial charge on any atom is 0.263 e. The molecule has 2 aromatic carbocycles. The van der Waals surface area contributed by atoms with Gasteiger partial charge in [0.05, 0.1) is 22.9 Å². The van der Waals surface area contributed by atoms with E-state index < -0.39 is 0 Å². The van der Waals surface area contributed by atoms with Crippen molar-refractivity contribution in [1.82, 2.24) is 15.1 Å². The highest BCUT2D eigenvalue weighted by Gasteiger charge is 2.23. The number of ether oxygens (including phenoxy) is 1. The third kappa shape index (κ3) is 6.05. The first kappa shape index (κ1) is 23.5. The smallest absolute Gasteiger partial charge is 0.263 e. The largest absolute Gasteiger partial charge is 0.494 e. The number of carbonyl (C=O) groups excluding carboxylic acids is 1. The number of amides is 1. The van der Waals surface area contributed by atoms with Crippen LogP contribution in [-0.4, -0.2) is 26.6 Å². The zero-order chi connectivity index (χ0) is 23.2. The molecule has 0 atom stereocenters. The number of benzene rings is 2. The summed E-state index contributed by atoms with van der Waals surface area (Å²) in [5, 5.41) is 8.12. The third-order valence-electron chi connectivity index (χ3n) is 5.16. The van der Waals surface area contributed by atoms with Crippen molar-refractivity contribution in [2.75, 3.05) is 6.61 Å². The predicted molar refractivity (Wildman–Crippen MR) is 140 cm³/mol. The van der Waals surface area contributed by atoms with Crippen molar-refractivity contribution in [2.24, 2.45) is 0 Å². The molecule has 3 aromatic rings. The molecule has 170 valence electrons. The second kappa shape index (κ2) is 11.0. The van der Waals surface area contributed by atoms with Gasteiger partial charge >= 0.3 is 0 Å². The Bertz CT molecular complexity index is 1170. The van der Waals surface area contributed by atoms with Crippen LogP contribution in [0.2, 0.25) is 5.02 Å². The Kier molecular flexibility index (Phi) is 7.85. The summed E-state index contributed by atoms with van der Waals surface area (Å²) in [7, 11) is 0. The quantitative estimate of drug-likeness (QED) is 0.204. The van der Waals surface area contributed by atoms with Crippen molar-refractivity contribution in [1.29, 1.82) is 0 Å². The van der Waals surface area contributed by atoms with Crippen LogP contribution in [0, 0.1) is 0 Å². The van der Waals surface area contributed by atoms with Crippen LogP contribution in [0.4, 0.5) is 0 Å². The lowest BCUT2D eigenvalue weighted by Gasteiger charge is -2.07. The molecule has 0 aliphatic carbocycles. The van der Waals surface area contributed by atoms with Crippen molar-refractivity contribution in [3.63, 3.8) is 0 Å². The summed E-state index contributed by atoms with van der Waals surface area (Å²) in [6, 6.07) is 15.3. The van der Waals surface area contributed by atoms with Gasteiger partial charge in [0.2, 0.25) is 0 Å². The Balaban J connectivity index is 1.62. The van der Waals surface area contributed by atoms with Crippen molar-refractivity contribution < 1.29 is 9.53 Å². The minimum Gasteiger partial charge on any atom is -0.494 e. The van der Waals surface area contributed by atoms with E-state index in [0.717, 1.165) is 34.7 Å². The minimum absolute atomic E-state index is 0.193. The molecule has 1 aromatic heterocycles. The zero-order valence-corrected chi connectivity index (χ0v) is 20.6. The van der Waals surface area contributed by atoms with Crippen LogP contribution in [0.5, 0.6) is 5.75 Å². The molecule has 33 heavy (non-hydrogen) atoms. The fraction of sp³-hybridized carbons (Fsp3) is 0.240. The zero-order valence-electron chi connectivity index (χ0n) is 18.2. The van der Waals surface area contributed by atoms with E-state index in [2.05, 4.69) is 12.2 Å². The number of nitrogens with one attached hydrogen (secondary N) is 1. The fourth-order valence-electron chi connectivity index (χ4n) is 3.43. The summed E-state index contributed by atoms with van der Waals surface area (Å²) >= 11 is 12.4. The highest BCUT2D eigenvalue weighted by Crippen LogP contribution is 2.31. The number of hydrogen-bond acceptors (Lipinski definition) is 5. The Morgan fingerprint density at radius 2 is 1.88 bits per heavy atom. The molecule has 1 N–H and O–H groups in total. The number of thiocarbonyl (C=S) groups is 1. The van der Waals surface area contributed by atoms with Gasteiger partial charge in [-0.25, -0.2) is 4.68 Å². The first-order chi connectivity index (χ1) is 16.0. The fourth-order valence-corrected chi connectivity index (χ4v) is 4.59. The van der Waals surface area contributed by atoms with E-state index in [-0.39, 0.29) is 5.91 Å². The highest BCUT2D eigenvalue weighted by molar-refractivity contribution is 8.26. The van der Waals surface area contributed by atoms with Gasteiger partial charge in [-0.15, -0.1) is 0 Å². The molecule has 2 heterocycles. The van der Waals surface area contributed by atoms with Gasteiger partial charge in [-0.2, -0.15) is 5.10 Å². The van der Waals surface area contributed by atoms with Gasteiger partial charge in [0, 0.05) is 22.3 Å². The molecule has 5 nitrogen and oxygen atoms in total. The topological polar surface area (TPSA) is 56.1 Å². The monoisotopic (exact) mass is 497 g/mol. The van der Waals surface area contributed by atoms with E-state index in [9.17, 15) is 4.79 Å². The number of aromatic nitrogens is 2. The summed E-state index contributed by atoms with van der Waals surface area (Å²) < 4.78 is 8.11. The van der Waals surface area contributed by atoms with Crippen molar-refractivity contribution >= 4 is 51.9 Å². The SMILES string of the molecule is CCCCCCOc1ccc(-c2nn(-c3ccc(Cl)cc3)cc2/C=C2\SC(=S)NC2=O)cc1. The van der Waals surface area contributed by atoms with Crippen LogP contribution in [0.1, 0.15) is 38.2 Å². The first-order valence-corrected chi connectivity index (χ1v) is 12.5. The average molecular weight is 498 g/mol. The number of hydrogen-bond donors (Lipinski definition) is 1. The molecular formula is C25H24ClN3O2S2. The molecule has 1 amide bonds. The predicted octanol–water partition coefficient (Wildman–Crippen LogP) is 6.64. The average Bonchev–Trinajstić information content (AvgIpc) is 3.37. The van der Waals surface area contributed by atoms with Crippen LogP contribution in [0.3, 0.4) is 0 Å². The van der Waals surface area contributed by atoms with Crippen LogP contribution >= 0.6 is 35.6 Å². The molecule has 4 rings (SSSR count). The molecular weight excluding hydrogens is 474 g/mol. The lowest BCUT2D eigenvalue weighted by molar-refractivity contribution is -0.115. The minimum atomic E-state index is -0.193. The van der Waals surface area contributed by atoms with Gasteiger partial charge in [-0.05, 0) is 61.0 Å². The number of unbranched alkanes of at least 4 members (excludes halogenated alkanes) is 3. The van der Waals surface area contributed by atoms with Gasteiger partial charge in [-0.1, -0.05) is 61.8 Å². The van der Waals surface area contributed by atoms with Crippen molar-refractivity contribution in [3.8, 4) is 22.7 Å². The summed E-state index contributed by atoms with van der Waals surface area (Å²) in [6.45, 7) is 2.91. The molecule has 1 aliphatic heterocycles. The number of rotatable bonds is 9. The Morgan fingerprint density at radius 3 is 2.55 bits per heavy atom. The summed E-state index contributed by atoms with van der Waals surface area (Å²) in [4.78, 5) is 12.8. The van der Waals surface area contributed by atoms with E-state index in [1.807, 2.05) is 60.8 Å². The maximum atomic E-state index is 12.2.